The van der Waals surface area contributed by atoms with Crippen molar-refractivity contribution in [2.24, 2.45) is 0 Å². The first-order chi connectivity index (χ1) is 15.4. The van der Waals surface area contributed by atoms with E-state index in [0.717, 1.165) is 73.2 Å². The summed E-state index contributed by atoms with van der Waals surface area (Å²) in [6.07, 6.45) is 3.89. The highest BCUT2D eigenvalue weighted by atomic mass is 35.5. The fourth-order valence-corrected chi connectivity index (χ4v) is 6.07. The van der Waals surface area contributed by atoms with Gasteiger partial charge in [-0.2, -0.15) is 0 Å². The van der Waals surface area contributed by atoms with Crippen LogP contribution in [0.25, 0.3) is 22.6 Å². The monoisotopic (exact) mass is 452 g/mol. The molecule has 0 radical (unpaired) electrons. The van der Waals surface area contributed by atoms with Gasteiger partial charge in [0.25, 0.3) is 0 Å². The minimum absolute atomic E-state index is 0.243. The summed E-state index contributed by atoms with van der Waals surface area (Å²) in [7, 11) is 2.16. The lowest BCUT2D eigenvalue weighted by Crippen LogP contribution is -2.70. The van der Waals surface area contributed by atoms with Crippen molar-refractivity contribution < 1.29 is 4.39 Å². The van der Waals surface area contributed by atoms with Crippen molar-refractivity contribution in [1.29, 1.82) is 0 Å². The van der Waals surface area contributed by atoms with Gasteiger partial charge in [0, 0.05) is 56.9 Å². The van der Waals surface area contributed by atoms with E-state index in [-0.39, 0.29) is 5.54 Å². The zero-order valence-corrected chi connectivity index (χ0v) is 18.9. The molecular formula is C24H26ClFN6. The molecule has 1 aromatic carbocycles. The van der Waals surface area contributed by atoms with Crippen LogP contribution in [0.5, 0.6) is 0 Å². The molecule has 2 aromatic heterocycles. The number of aromatic nitrogens is 4. The van der Waals surface area contributed by atoms with E-state index >= 15 is 0 Å². The molecule has 5 aliphatic rings. The van der Waals surface area contributed by atoms with Crippen LogP contribution in [0, 0.1) is 0 Å². The highest BCUT2D eigenvalue weighted by Gasteiger charge is 2.71. The molecule has 3 heterocycles. The third kappa shape index (κ3) is 2.70. The predicted molar refractivity (Wildman–Crippen MR) is 123 cm³/mol. The summed E-state index contributed by atoms with van der Waals surface area (Å²) in [6.45, 7) is 3.83. The molecule has 0 N–H and O–H groups in total. The van der Waals surface area contributed by atoms with E-state index in [9.17, 15) is 4.39 Å². The minimum Gasteiger partial charge on any atom is -0.352 e. The smallest absolute Gasteiger partial charge is 0.166 e. The molecule has 1 aliphatic heterocycles. The first-order valence-corrected chi connectivity index (χ1v) is 12.0. The second-order valence-electron chi connectivity index (χ2n) is 10.3. The Morgan fingerprint density at radius 2 is 1.72 bits per heavy atom. The maximum absolute atomic E-state index is 14.6. The minimum atomic E-state index is -1.01. The largest absolute Gasteiger partial charge is 0.352 e. The Labute approximate surface area is 191 Å². The lowest BCUT2D eigenvalue weighted by molar-refractivity contribution is -0.195. The number of nitrogens with zero attached hydrogens (tertiary/aromatic N) is 6. The summed E-state index contributed by atoms with van der Waals surface area (Å²) in [5.41, 5.74) is 1.30. The van der Waals surface area contributed by atoms with E-state index in [1.54, 1.807) is 0 Å². The van der Waals surface area contributed by atoms with Gasteiger partial charge in [-0.1, -0.05) is 23.7 Å². The van der Waals surface area contributed by atoms with Gasteiger partial charge >= 0.3 is 0 Å². The Balaban J connectivity index is 1.47. The fraction of sp³-hybridized carbons (Fsp3) is 0.542. The van der Waals surface area contributed by atoms with Crippen molar-refractivity contribution in [3.63, 3.8) is 0 Å². The third-order valence-corrected chi connectivity index (χ3v) is 8.11. The number of fused-ring (bicyclic) bond motifs is 1. The summed E-state index contributed by atoms with van der Waals surface area (Å²) in [5, 5.41) is 0.655. The van der Waals surface area contributed by atoms with Gasteiger partial charge in [0.05, 0.1) is 10.6 Å². The van der Waals surface area contributed by atoms with Gasteiger partial charge < -0.3 is 14.4 Å². The Morgan fingerprint density at radius 3 is 2.38 bits per heavy atom. The van der Waals surface area contributed by atoms with Crippen LogP contribution in [0.1, 0.15) is 43.8 Å². The van der Waals surface area contributed by atoms with Crippen LogP contribution in [0.4, 0.5) is 10.2 Å². The standard InChI is InChI=1S/C24H26ClFN6/c1-30-8-10-31(11-9-30)21-18-22(29-19(28-21)15-6-7-15)32(24-12-23(26,13-24)14-24)20(27-18)16-4-2-3-5-17(16)25/h2-5,15H,6-14H2,1H3. The molecular weight excluding hydrogens is 427 g/mol. The number of alkyl halides is 1. The number of imidazole rings is 1. The molecule has 4 saturated carbocycles. The quantitative estimate of drug-likeness (QED) is 0.588. The van der Waals surface area contributed by atoms with Gasteiger partial charge in [0.15, 0.2) is 17.0 Å². The van der Waals surface area contributed by atoms with Crippen molar-refractivity contribution in [3.8, 4) is 11.4 Å². The molecule has 0 unspecified atom stereocenters. The molecule has 5 fully saturated rings. The first kappa shape index (κ1) is 19.2. The topological polar surface area (TPSA) is 50.1 Å². The molecule has 0 amide bonds. The lowest BCUT2D eigenvalue weighted by atomic mass is 9.47. The highest BCUT2D eigenvalue weighted by Crippen LogP contribution is 2.68. The molecule has 4 aliphatic carbocycles. The molecule has 0 spiro atoms. The average molecular weight is 453 g/mol. The van der Waals surface area contributed by atoms with Gasteiger partial charge in [0.2, 0.25) is 0 Å². The number of hydrogen-bond acceptors (Lipinski definition) is 5. The Morgan fingerprint density at radius 1 is 1.00 bits per heavy atom. The van der Waals surface area contributed by atoms with Gasteiger partial charge in [-0.05, 0) is 32.0 Å². The van der Waals surface area contributed by atoms with Crippen molar-refractivity contribution in [2.45, 2.75) is 49.2 Å². The van der Waals surface area contributed by atoms with Crippen LogP contribution in [-0.4, -0.2) is 63.3 Å². The molecule has 2 bridgehead atoms. The van der Waals surface area contributed by atoms with Crippen molar-refractivity contribution in [3.05, 3.63) is 35.1 Å². The Kier molecular flexibility index (Phi) is 3.86. The maximum atomic E-state index is 14.6. The first-order valence-electron chi connectivity index (χ1n) is 11.6. The van der Waals surface area contributed by atoms with Gasteiger partial charge in [-0.15, -0.1) is 0 Å². The van der Waals surface area contributed by atoms with Crippen molar-refractivity contribution in [2.75, 3.05) is 38.1 Å². The van der Waals surface area contributed by atoms with E-state index in [2.05, 4.69) is 21.4 Å². The Hall–Kier alpha value is -2.25. The van der Waals surface area contributed by atoms with Crippen molar-refractivity contribution in [1.82, 2.24) is 24.4 Å². The van der Waals surface area contributed by atoms with Crippen LogP contribution in [0.3, 0.4) is 0 Å². The van der Waals surface area contributed by atoms with Crippen molar-refractivity contribution >= 4 is 28.6 Å². The summed E-state index contributed by atoms with van der Waals surface area (Å²) in [5.74, 6) is 3.07. The van der Waals surface area contributed by atoms with Crippen LogP contribution in [-0.2, 0) is 5.54 Å². The number of benzene rings is 1. The lowest BCUT2D eigenvalue weighted by Gasteiger charge is -2.66. The van der Waals surface area contributed by atoms with Crippen LogP contribution in [0.2, 0.25) is 5.02 Å². The summed E-state index contributed by atoms with van der Waals surface area (Å²) >= 11 is 6.63. The molecule has 8 heteroatoms. The van der Waals surface area contributed by atoms with E-state index < -0.39 is 5.67 Å². The average Bonchev–Trinajstić information content (AvgIpc) is 3.52. The number of anilines is 1. The van der Waals surface area contributed by atoms with E-state index in [0.29, 0.717) is 30.2 Å². The number of piperazine rings is 1. The SMILES string of the molecule is CN1CCN(c2nc(C3CC3)nc3c2nc(-c2ccccc2Cl)n3C23CC(F)(C2)C3)CC1. The summed E-state index contributed by atoms with van der Waals surface area (Å²) < 4.78 is 16.9. The molecule has 6 nitrogen and oxygen atoms in total. The second kappa shape index (κ2) is 6.41. The molecule has 32 heavy (non-hydrogen) atoms. The predicted octanol–water partition coefficient (Wildman–Crippen LogP) is 4.38. The zero-order chi connectivity index (χ0) is 21.7. The number of hydrogen-bond donors (Lipinski definition) is 0. The number of likely N-dealkylation sites (N-methyl/N-ethyl adjacent to an activating group) is 1. The summed E-state index contributed by atoms with van der Waals surface area (Å²) in [6, 6.07) is 7.80. The number of halogens is 2. The highest BCUT2D eigenvalue weighted by molar-refractivity contribution is 6.33. The molecule has 1 saturated heterocycles. The zero-order valence-electron chi connectivity index (χ0n) is 18.2. The van der Waals surface area contributed by atoms with Crippen LogP contribution >= 0.6 is 11.6 Å². The summed E-state index contributed by atoms with van der Waals surface area (Å²) in [4.78, 5) is 19.9. The third-order valence-electron chi connectivity index (χ3n) is 7.78. The molecule has 8 rings (SSSR count). The fourth-order valence-electron chi connectivity index (χ4n) is 5.85. The molecule has 166 valence electrons. The number of rotatable bonds is 4. The van der Waals surface area contributed by atoms with Crippen LogP contribution in [0.15, 0.2) is 24.3 Å². The molecule has 3 aromatic rings. The Bertz CT molecular complexity index is 1220. The molecule has 0 atom stereocenters. The van der Waals surface area contributed by atoms with Crippen LogP contribution < -0.4 is 4.90 Å². The maximum Gasteiger partial charge on any atom is 0.166 e. The van der Waals surface area contributed by atoms with E-state index in [1.807, 2.05) is 24.3 Å². The van der Waals surface area contributed by atoms with Gasteiger partial charge in [-0.3, -0.25) is 0 Å². The normalized spacial score (nSPS) is 29.8. The van der Waals surface area contributed by atoms with Gasteiger partial charge in [-0.25, -0.2) is 19.3 Å². The van der Waals surface area contributed by atoms with E-state index in [4.69, 9.17) is 26.6 Å². The van der Waals surface area contributed by atoms with E-state index in [1.165, 1.54) is 0 Å². The second-order valence-corrected chi connectivity index (χ2v) is 10.7. The van der Waals surface area contributed by atoms with Gasteiger partial charge in [0.1, 0.15) is 17.3 Å².